The minimum absolute atomic E-state index is 0.0269. The van der Waals surface area contributed by atoms with Gasteiger partial charge in [0.25, 0.3) is 5.56 Å². The van der Waals surface area contributed by atoms with Crippen LogP contribution < -0.4 is 5.56 Å². The Morgan fingerprint density at radius 2 is 2.00 bits per heavy atom. The Morgan fingerprint density at radius 3 is 2.79 bits per heavy atom. The summed E-state index contributed by atoms with van der Waals surface area (Å²) in [5.41, 5.74) is 3.51. The second-order valence-electron chi connectivity index (χ2n) is 7.53. The van der Waals surface area contributed by atoms with E-state index in [9.17, 15) is 9.59 Å². The maximum Gasteiger partial charge on any atom is 0.251 e. The molecule has 1 N–H and O–H groups in total. The Morgan fingerprint density at radius 1 is 1.21 bits per heavy atom. The van der Waals surface area contributed by atoms with Crippen LogP contribution >= 0.6 is 0 Å². The fourth-order valence-electron chi connectivity index (χ4n) is 3.85. The predicted molar refractivity (Wildman–Crippen MR) is 112 cm³/mol. The van der Waals surface area contributed by atoms with E-state index in [1.54, 1.807) is 12.4 Å². The monoisotopic (exact) mass is 388 g/mol. The van der Waals surface area contributed by atoms with Crippen LogP contribution in [-0.2, 0) is 11.2 Å². The number of H-pyrrole nitrogens is 1. The summed E-state index contributed by atoms with van der Waals surface area (Å²) in [5, 5.41) is 0. The Balaban J connectivity index is 1.53. The highest BCUT2D eigenvalue weighted by atomic mass is 16.2. The van der Waals surface area contributed by atoms with E-state index in [1.807, 2.05) is 48.2 Å². The molecule has 29 heavy (non-hydrogen) atoms. The van der Waals surface area contributed by atoms with E-state index >= 15 is 0 Å². The van der Waals surface area contributed by atoms with Crippen molar-refractivity contribution in [1.29, 1.82) is 0 Å². The summed E-state index contributed by atoms with van der Waals surface area (Å²) < 4.78 is 0. The summed E-state index contributed by atoms with van der Waals surface area (Å²) >= 11 is 0. The molecule has 1 fully saturated rings. The molecule has 0 unspecified atom stereocenters. The number of nitrogens with one attached hydrogen (secondary N) is 1. The average molecular weight is 388 g/mol. The van der Waals surface area contributed by atoms with E-state index < -0.39 is 0 Å². The third-order valence-electron chi connectivity index (χ3n) is 5.50. The van der Waals surface area contributed by atoms with Crippen molar-refractivity contribution in [2.24, 2.45) is 0 Å². The van der Waals surface area contributed by atoms with Gasteiger partial charge in [0.2, 0.25) is 5.91 Å². The number of amides is 1. The van der Waals surface area contributed by atoms with Gasteiger partial charge in [0, 0.05) is 43.0 Å². The van der Waals surface area contributed by atoms with Crippen LogP contribution in [0.2, 0.25) is 0 Å². The summed E-state index contributed by atoms with van der Waals surface area (Å²) in [7, 11) is 0. The van der Waals surface area contributed by atoms with E-state index in [0.29, 0.717) is 24.5 Å². The van der Waals surface area contributed by atoms with Crippen LogP contribution in [0.15, 0.2) is 59.7 Å². The maximum atomic E-state index is 12.9. The van der Waals surface area contributed by atoms with Crippen LogP contribution in [-0.4, -0.2) is 38.8 Å². The molecule has 148 valence electrons. The highest BCUT2D eigenvalue weighted by Gasteiger charge is 2.26. The largest absolute Gasteiger partial charge is 0.342 e. The summed E-state index contributed by atoms with van der Waals surface area (Å²) in [5.74, 6) is 0.799. The van der Waals surface area contributed by atoms with Crippen LogP contribution in [0, 0.1) is 6.92 Å². The van der Waals surface area contributed by atoms with Gasteiger partial charge >= 0.3 is 0 Å². The summed E-state index contributed by atoms with van der Waals surface area (Å²) in [6.45, 7) is 3.35. The molecule has 4 rings (SSSR count). The Labute approximate surface area is 169 Å². The molecule has 6 heteroatoms. The number of nitrogens with zero attached hydrogens (tertiary/aromatic N) is 3. The van der Waals surface area contributed by atoms with Gasteiger partial charge in [-0.3, -0.25) is 14.6 Å². The van der Waals surface area contributed by atoms with Gasteiger partial charge in [-0.05, 0) is 43.0 Å². The molecule has 0 bridgehead atoms. The Bertz CT molecular complexity index is 1060. The van der Waals surface area contributed by atoms with Gasteiger partial charge in [0.05, 0.1) is 12.1 Å². The number of carbonyl (C=O) groups is 1. The van der Waals surface area contributed by atoms with Crippen LogP contribution in [0.3, 0.4) is 0 Å². The molecule has 6 nitrogen and oxygen atoms in total. The molecular weight excluding hydrogens is 364 g/mol. The van der Waals surface area contributed by atoms with Gasteiger partial charge in [-0.2, -0.15) is 0 Å². The first-order valence-electron chi connectivity index (χ1n) is 9.94. The third kappa shape index (κ3) is 4.42. The summed E-state index contributed by atoms with van der Waals surface area (Å²) in [6.07, 6.45) is 5.57. The van der Waals surface area contributed by atoms with Crippen LogP contribution in [0.1, 0.15) is 35.7 Å². The van der Waals surface area contributed by atoms with Gasteiger partial charge in [-0.1, -0.05) is 24.3 Å². The Hall–Kier alpha value is -3.28. The molecule has 1 atom stereocenters. The minimum Gasteiger partial charge on any atom is -0.342 e. The molecular formula is C23H24N4O2. The zero-order valence-corrected chi connectivity index (χ0v) is 16.5. The molecule has 0 radical (unpaired) electrons. The average Bonchev–Trinajstić information content (AvgIpc) is 2.75. The number of hydrogen-bond donors (Lipinski definition) is 1. The van der Waals surface area contributed by atoms with Gasteiger partial charge in [0.1, 0.15) is 5.82 Å². The molecule has 3 heterocycles. The lowest BCUT2D eigenvalue weighted by Crippen LogP contribution is -2.40. The first-order valence-corrected chi connectivity index (χ1v) is 9.94. The maximum absolute atomic E-state index is 12.9. The number of aryl methyl sites for hydroxylation is 1. The van der Waals surface area contributed by atoms with Crippen molar-refractivity contribution in [2.75, 3.05) is 13.1 Å². The minimum atomic E-state index is -0.176. The van der Waals surface area contributed by atoms with Crippen molar-refractivity contribution in [1.82, 2.24) is 19.9 Å². The zero-order valence-electron chi connectivity index (χ0n) is 16.5. The number of aromatic nitrogens is 3. The molecule has 0 saturated carbocycles. The van der Waals surface area contributed by atoms with E-state index in [0.717, 1.165) is 36.1 Å². The number of carbonyl (C=O) groups excluding carboxylic acids is 1. The summed E-state index contributed by atoms with van der Waals surface area (Å²) in [6, 6.07) is 13.2. The van der Waals surface area contributed by atoms with Crippen LogP contribution in [0.4, 0.5) is 0 Å². The number of piperidine rings is 1. The molecule has 2 aromatic heterocycles. The van der Waals surface area contributed by atoms with Gasteiger partial charge < -0.3 is 9.88 Å². The fourth-order valence-corrected chi connectivity index (χ4v) is 3.85. The van der Waals surface area contributed by atoms with E-state index in [2.05, 4.69) is 9.97 Å². The lowest BCUT2D eigenvalue weighted by molar-refractivity contribution is -0.131. The molecule has 1 amide bonds. The first-order chi connectivity index (χ1) is 14.1. The SMILES string of the molecule is Cc1ccccc1CC(=O)N1CCC[C@H](c2nc(-c3ccncc3)cc(=O)[nH]2)C1. The number of likely N-dealkylation sites (tertiary alicyclic amines) is 1. The molecule has 1 aromatic carbocycles. The van der Waals surface area contributed by atoms with Gasteiger partial charge in [-0.15, -0.1) is 0 Å². The molecule has 1 saturated heterocycles. The molecule has 0 aliphatic carbocycles. The Kier molecular flexibility index (Phi) is 5.51. The topological polar surface area (TPSA) is 79.0 Å². The lowest BCUT2D eigenvalue weighted by Gasteiger charge is -2.32. The van der Waals surface area contributed by atoms with Crippen LogP contribution in [0.5, 0.6) is 0 Å². The molecule has 0 spiro atoms. The van der Waals surface area contributed by atoms with Crippen molar-refractivity contribution < 1.29 is 4.79 Å². The molecule has 1 aliphatic rings. The fraction of sp³-hybridized carbons (Fsp3) is 0.304. The van der Waals surface area contributed by atoms with Crippen molar-refractivity contribution in [3.8, 4) is 11.3 Å². The van der Waals surface area contributed by atoms with Crippen molar-refractivity contribution in [3.63, 3.8) is 0 Å². The number of aromatic amines is 1. The highest BCUT2D eigenvalue weighted by molar-refractivity contribution is 5.79. The number of hydrogen-bond acceptors (Lipinski definition) is 4. The van der Waals surface area contributed by atoms with E-state index in [1.165, 1.54) is 6.07 Å². The second-order valence-corrected chi connectivity index (χ2v) is 7.53. The van der Waals surface area contributed by atoms with Crippen molar-refractivity contribution in [3.05, 3.63) is 82.2 Å². The quantitative estimate of drug-likeness (QED) is 0.745. The lowest BCUT2D eigenvalue weighted by atomic mass is 9.96. The highest BCUT2D eigenvalue weighted by Crippen LogP contribution is 2.26. The van der Waals surface area contributed by atoms with E-state index in [4.69, 9.17) is 4.98 Å². The number of pyridine rings is 1. The number of rotatable bonds is 4. The van der Waals surface area contributed by atoms with Gasteiger partial charge in [-0.25, -0.2) is 4.98 Å². The predicted octanol–water partition coefficient (Wildman–Crippen LogP) is 3.09. The smallest absolute Gasteiger partial charge is 0.251 e. The second kappa shape index (κ2) is 8.39. The third-order valence-corrected chi connectivity index (χ3v) is 5.50. The van der Waals surface area contributed by atoms with Crippen LogP contribution in [0.25, 0.3) is 11.3 Å². The summed E-state index contributed by atoms with van der Waals surface area (Å²) in [4.78, 5) is 38.6. The normalized spacial score (nSPS) is 16.6. The van der Waals surface area contributed by atoms with Gasteiger partial charge in [0.15, 0.2) is 0 Å². The molecule has 1 aliphatic heterocycles. The van der Waals surface area contributed by atoms with E-state index in [-0.39, 0.29) is 17.4 Å². The zero-order chi connectivity index (χ0) is 20.2. The molecule has 3 aromatic rings. The standard InChI is InChI=1S/C23H24N4O2/c1-16-5-2-3-6-18(16)13-22(29)27-12-4-7-19(15-27)23-25-20(14-21(28)26-23)17-8-10-24-11-9-17/h2-3,5-6,8-11,14,19H,4,7,12-13,15H2,1H3,(H,25,26,28)/t19-/m0/s1. The van der Waals surface area contributed by atoms with Crippen molar-refractivity contribution in [2.45, 2.75) is 32.1 Å². The first kappa shape index (κ1) is 19.1. The van der Waals surface area contributed by atoms with Crippen molar-refractivity contribution >= 4 is 5.91 Å². The number of benzene rings is 1.